The summed E-state index contributed by atoms with van der Waals surface area (Å²) in [6.45, 7) is 2.89. The molecule has 4 aromatic carbocycles. The third-order valence-corrected chi connectivity index (χ3v) is 8.44. The number of para-hydroxylation sites is 1. The number of rotatable bonds is 11. The van der Waals surface area contributed by atoms with Gasteiger partial charge in [0.15, 0.2) is 0 Å². The molecule has 49 heavy (non-hydrogen) atoms. The SMILES string of the molecule is COCc1cc(NC(=O)c2ccc(-n3cc(CN4CCC(O)CC4)c4ccccc43)cc2)ccc1Oc1ccc(NC(=O)NN(C)C)cc1. The van der Waals surface area contributed by atoms with Crippen LogP contribution in [-0.4, -0.2) is 71.9 Å². The average molecular weight is 663 g/mol. The highest BCUT2D eigenvalue weighted by molar-refractivity contribution is 6.04. The van der Waals surface area contributed by atoms with Crippen molar-refractivity contribution < 1.29 is 24.2 Å². The Labute approximate surface area is 286 Å². The molecule has 11 heteroatoms. The van der Waals surface area contributed by atoms with Crippen LogP contribution in [0.5, 0.6) is 11.5 Å². The van der Waals surface area contributed by atoms with Crippen molar-refractivity contribution in [2.45, 2.75) is 32.1 Å². The predicted molar refractivity (Wildman–Crippen MR) is 191 cm³/mol. The first-order valence-corrected chi connectivity index (χ1v) is 16.3. The summed E-state index contributed by atoms with van der Waals surface area (Å²) in [5.41, 5.74) is 8.49. The number of likely N-dealkylation sites (tertiary alicyclic amines) is 1. The van der Waals surface area contributed by atoms with E-state index < -0.39 is 0 Å². The van der Waals surface area contributed by atoms with Crippen molar-refractivity contribution in [2.24, 2.45) is 0 Å². The Kier molecular flexibility index (Phi) is 10.6. The highest BCUT2D eigenvalue weighted by atomic mass is 16.5. The van der Waals surface area contributed by atoms with Gasteiger partial charge in [0.2, 0.25) is 0 Å². The molecule has 11 nitrogen and oxygen atoms in total. The monoisotopic (exact) mass is 662 g/mol. The number of hydrazine groups is 1. The van der Waals surface area contributed by atoms with Gasteiger partial charge in [-0.25, -0.2) is 9.80 Å². The molecule has 0 unspecified atom stereocenters. The molecule has 4 N–H and O–H groups in total. The van der Waals surface area contributed by atoms with E-state index in [1.54, 1.807) is 62.6 Å². The molecule has 1 aliphatic rings. The molecule has 0 spiro atoms. The summed E-state index contributed by atoms with van der Waals surface area (Å²) < 4.78 is 13.7. The van der Waals surface area contributed by atoms with Crippen molar-refractivity contribution >= 4 is 34.2 Å². The van der Waals surface area contributed by atoms with Crippen molar-refractivity contribution in [2.75, 3.05) is 44.9 Å². The first-order chi connectivity index (χ1) is 23.7. The third kappa shape index (κ3) is 8.45. The minimum Gasteiger partial charge on any atom is -0.457 e. The zero-order valence-electron chi connectivity index (χ0n) is 28.0. The van der Waals surface area contributed by atoms with Gasteiger partial charge < -0.3 is 29.8 Å². The zero-order chi connectivity index (χ0) is 34.3. The molecule has 0 aliphatic carbocycles. The molecule has 1 saturated heterocycles. The van der Waals surface area contributed by atoms with Gasteiger partial charge in [-0.15, -0.1) is 0 Å². The number of urea groups is 1. The molecule has 5 aromatic rings. The Balaban J connectivity index is 1.12. The summed E-state index contributed by atoms with van der Waals surface area (Å²) in [6, 6.07) is 28.1. The highest BCUT2D eigenvalue weighted by Gasteiger charge is 2.19. The van der Waals surface area contributed by atoms with Crippen LogP contribution < -0.4 is 20.8 Å². The van der Waals surface area contributed by atoms with E-state index in [-0.39, 0.29) is 24.6 Å². The fraction of sp³-hybridized carbons (Fsp3) is 0.263. The summed E-state index contributed by atoms with van der Waals surface area (Å²) in [7, 11) is 5.07. The van der Waals surface area contributed by atoms with Crippen LogP contribution in [0, 0.1) is 0 Å². The molecule has 0 saturated carbocycles. The molecular formula is C38H42N6O5. The van der Waals surface area contributed by atoms with E-state index in [2.05, 4.69) is 49.9 Å². The maximum absolute atomic E-state index is 13.3. The standard InChI is InChI=1S/C38H42N6O5/c1-42(2)41-38(47)40-29-10-15-33(16-11-29)49-36-17-12-30(22-27(36)25-48-3)39-37(46)26-8-13-31(14-9-26)44-24-28(34-6-4-5-7-35(34)44)23-43-20-18-32(45)19-21-43/h4-17,22,24,32,45H,18-21,23,25H2,1-3H3,(H,39,46)(H2,40,41,47). The van der Waals surface area contributed by atoms with Gasteiger partial charge in [0, 0.05) is 80.6 Å². The van der Waals surface area contributed by atoms with Crippen LogP contribution in [0.4, 0.5) is 16.2 Å². The number of methoxy groups -OCH3 is 1. The van der Waals surface area contributed by atoms with Crippen molar-refractivity contribution in [3.63, 3.8) is 0 Å². The number of amides is 3. The lowest BCUT2D eigenvalue weighted by Gasteiger charge is -2.29. The quantitative estimate of drug-likeness (QED) is 0.121. The van der Waals surface area contributed by atoms with E-state index in [1.165, 1.54) is 10.9 Å². The van der Waals surface area contributed by atoms with Crippen LogP contribution in [0.2, 0.25) is 0 Å². The Hall–Kier alpha value is -5.20. The lowest BCUT2D eigenvalue weighted by Crippen LogP contribution is -2.39. The van der Waals surface area contributed by atoms with E-state index in [1.807, 2.05) is 36.4 Å². The number of hydrogen-bond donors (Lipinski definition) is 4. The number of nitrogens with zero attached hydrogens (tertiary/aromatic N) is 3. The lowest BCUT2D eigenvalue weighted by atomic mass is 10.1. The van der Waals surface area contributed by atoms with Gasteiger partial charge >= 0.3 is 6.03 Å². The largest absolute Gasteiger partial charge is 0.457 e. The Morgan fingerprint density at radius 3 is 2.31 bits per heavy atom. The molecule has 254 valence electrons. The molecule has 0 radical (unpaired) electrons. The first-order valence-electron chi connectivity index (χ1n) is 16.3. The molecular weight excluding hydrogens is 620 g/mol. The molecule has 3 amide bonds. The second-order valence-corrected chi connectivity index (χ2v) is 12.4. The topological polar surface area (TPSA) is 120 Å². The van der Waals surface area contributed by atoms with Crippen molar-refractivity contribution in [1.82, 2.24) is 19.9 Å². The van der Waals surface area contributed by atoms with Crippen LogP contribution in [0.15, 0.2) is 97.2 Å². The predicted octanol–water partition coefficient (Wildman–Crippen LogP) is 6.38. The summed E-state index contributed by atoms with van der Waals surface area (Å²) >= 11 is 0. The van der Waals surface area contributed by atoms with Crippen LogP contribution >= 0.6 is 0 Å². The van der Waals surface area contributed by atoms with E-state index >= 15 is 0 Å². The van der Waals surface area contributed by atoms with Crippen molar-refractivity contribution in [3.8, 4) is 17.2 Å². The summed E-state index contributed by atoms with van der Waals surface area (Å²) in [4.78, 5) is 27.6. The van der Waals surface area contributed by atoms with Crippen LogP contribution in [-0.2, 0) is 17.9 Å². The van der Waals surface area contributed by atoms with Crippen molar-refractivity contribution in [1.29, 1.82) is 0 Å². The van der Waals surface area contributed by atoms with Gasteiger partial charge in [-0.05, 0) is 91.2 Å². The Bertz CT molecular complexity index is 1900. The molecule has 1 aromatic heterocycles. The fourth-order valence-electron chi connectivity index (χ4n) is 6.01. The second-order valence-electron chi connectivity index (χ2n) is 12.4. The van der Waals surface area contributed by atoms with Gasteiger partial charge in [0.1, 0.15) is 11.5 Å². The number of fused-ring (bicyclic) bond motifs is 1. The summed E-state index contributed by atoms with van der Waals surface area (Å²) in [6.07, 6.45) is 3.60. The molecule has 1 aliphatic heterocycles. The van der Waals surface area contributed by atoms with Gasteiger partial charge in [0.05, 0.1) is 18.2 Å². The van der Waals surface area contributed by atoms with E-state index in [4.69, 9.17) is 9.47 Å². The Morgan fingerprint density at radius 1 is 0.878 bits per heavy atom. The minimum absolute atomic E-state index is 0.196. The smallest absolute Gasteiger partial charge is 0.333 e. The molecule has 0 atom stereocenters. The number of anilines is 2. The average Bonchev–Trinajstić information content (AvgIpc) is 3.45. The molecule has 2 heterocycles. The number of carbonyl (C=O) groups is 2. The van der Waals surface area contributed by atoms with Crippen LogP contribution in [0.3, 0.4) is 0 Å². The first kappa shape index (κ1) is 33.7. The molecule has 1 fully saturated rings. The maximum Gasteiger partial charge on any atom is 0.333 e. The van der Waals surface area contributed by atoms with Gasteiger partial charge in [-0.2, -0.15) is 0 Å². The summed E-state index contributed by atoms with van der Waals surface area (Å²) in [5, 5.41) is 18.4. The maximum atomic E-state index is 13.3. The third-order valence-electron chi connectivity index (χ3n) is 8.44. The van der Waals surface area contributed by atoms with Crippen LogP contribution in [0.25, 0.3) is 16.6 Å². The molecule has 6 rings (SSSR count). The van der Waals surface area contributed by atoms with E-state index in [9.17, 15) is 14.7 Å². The van der Waals surface area contributed by atoms with Crippen LogP contribution in [0.1, 0.15) is 34.3 Å². The normalized spacial score (nSPS) is 13.8. The number of ether oxygens (including phenoxy) is 2. The number of benzene rings is 4. The highest BCUT2D eigenvalue weighted by Crippen LogP contribution is 2.30. The number of carbonyl (C=O) groups excluding carboxylic acids is 2. The number of aliphatic hydroxyl groups excluding tert-OH is 1. The molecule has 0 bridgehead atoms. The van der Waals surface area contributed by atoms with Gasteiger partial charge in [0.25, 0.3) is 5.91 Å². The zero-order valence-corrected chi connectivity index (χ0v) is 28.0. The Morgan fingerprint density at radius 2 is 1.59 bits per heavy atom. The van der Waals surface area contributed by atoms with Gasteiger partial charge in [-0.3, -0.25) is 15.1 Å². The number of nitrogens with one attached hydrogen (secondary N) is 3. The summed E-state index contributed by atoms with van der Waals surface area (Å²) in [5.74, 6) is 0.948. The number of piperidine rings is 1. The van der Waals surface area contributed by atoms with Crippen molar-refractivity contribution in [3.05, 3.63) is 114 Å². The second kappa shape index (κ2) is 15.3. The lowest BCUT2D eigenvalue weighted by molar-refractivity contribution is 0.0794. The van der Waals surface area contributed by atoms with E-state index in [0.717, 1.165) is 49.2 Å². The number of hydrogen-bond acceptors (Lipinski definition) is 7. The number of aliphatic hydroxyl groups is 1. The van der Waals surface area contributed by atoms with E-state index in [0.29, 0.717) is 28.4 Å². The van der Waals surface area contributed by atoms with Gasteiger partial charge in [-0.1, -0.05) is 18.2 Å². The fourth-order valence-corrected chi connectivity index (χ4v) is 6.01. The minimum atomic E-state index is -0.343. The number of aromatic nitrogens is 1.